The SMILES string of the molecule is COC(=O)c1c(NC(=O)[C@H]2CC(=O)N(C3CCCC3)C2)sc2c1CCC2. The number of nitrogens with zero attached hydrogens (tertiary/aromatic N) is 1. The maximum atomic E-state index is 12.8. The Balaban J connectivity index is 1.49. The van der Waals surface area contributed by atoms with Crippen LogP contribution in [0.5, 0.6) is 0 Å². The van der Waals surface area contributed by atoms with Gasteiger partial charge in [-0.2, -0.15) is 0 Å². The van der Waals surface area contributed by atoms with E-state index < -0.39 is 5.97 Å². The number of fused-ring (bicyclic) bond motifs is 1. The minimum absolute atomic E-state index is 0.0823. The molecule has 1 aliphatic heterocycles. The van der Waals surface area contributed by atoms with Crippen LogP contribution in [0.2, 0.25) is 0 Å². The summed E-state index contributed by atoms with van der Waals surface area (Å²) in [5.74, 6) is -0.817. The molecule has 0 radical (unpaired) electrons. The standard InChI is InChI=1S/C19H24N2O4S/c1-25-19(24)16-13-7-4-8-14(13)26-18(16)20-17(23)11-9-15(22)21(10-11)12-5-2-3-6-12/h11-12H,2-10H2,1H3,(H,20,23)/t11-/m0/s1. The lowest BCUT2D eigenvalue weighted by molar-refractivity contribution is -0.129. The van der Waals surface area contributed by atoms with Gasteiger partial charge in [0.1, 0.15) is 5.00 Å². The van der Waals surface area contributed by atoms with Crippen molar-refractivity contribution in [3.8, 4) is 0 Å². The summed E-state index contributed by atoms with van der Waals surface area (Å²) in [4.78, 5) is 40.4. The van der Waals surface area contributed by atoms with Crippen LogP contribution in [0.15, 0.2) is 0 Å². The fraction of sp³-hybridized carbons (Fsp3) is 0.632. The van der Waals surface area contributed by atoms with E-state index in [9.17, 15) is 14.4 Å². The van der Waals surface area contributed by atoms with Gasteiger partial charge in [-0.1, -0.05) is 12.8 Å². The number of carbonyl (C=O) groups excluding carboxylic acids is 3. The molecule has 4 rings (SSSR count). The number of likely N-dealkylation sites (tertiary alicyclic amines) is 1. The average molecular weight is 376 g/mol. The van der Waals surface area contributed by atoms with Crippen LogP contribution >= 0.6 is 11.3 Å². The predicted octanol–water partition coefficient (Wildman–Crippen LogP) is 2.75. The molecule has 0 aromatic carbocycles. The normalized spacial score (nSPS) is 22.7. The van der Waals surface area contributed by atoms with Crippen molar-refractivity contribution in [2.45, 2.75) is 57.4 Å². The Morgan fingerprint density at radius 2 is 1.96 bits per heavy atom. The summed E-state index contributed by atoms with van der Waals surface area (Å²) in [5.41, 5.74) is 1.53. The van der Waals surface area contributed by atoms with Gasteiger partial charge < -0.3 is 15.0 Å². The van der Waals surface area contributed by atoms with Gasteiger partial charge in [0.25, 0.3) is 0 Å². The fourth-order valence-corrected chi connectivity index (χ4v) is 5.78. The number of thiophene rings is 1. The van der Waals surface area contributed by atoms with Gasteiger partial charge in [-0.15, -0.1) is 11.3 Å². The van der Waals surface area contributed by atoms with Crippen LogP contribution in [0.4, 0.5) is 5.00 Å². The number of esters is 1. The highest BCUT2D eigenvalue weighted by Crippen LogP contribution is 2.40. The average Bonchev–Trinajstić information content (AvgIpc) is 3.37. The third-order valence-corrected chi connectivity index (χ3v) is 7.05. The highest BCUT2D eigenvalue weighted by atomic mass is 32.1. The number of aryl methyl sites for hydroxylation is 1. The Kier molecular flexibility index (Phi) is 4.73. The summed E-state index contributed by atoms with van der Waals surface area (Å²) >= 11 is 1.48. The largest absolute Gasteiger partial charge is 0.465 e. The molecular weight excluding hydrogens is 352 g/mol. The predicted molar refractivity (Wildman–Crippen MR) is 98.4 cm³/mol. The number of carbonyl (C=O) groups is 3. The first-order chi connectivity index (χ1) is 12.6. The zero-order valence-electron chi connectivity index (χ0n) is 15.0. The van der Waals surface area contributed by atoms with Crippen molar-refractivity contribution in [3.63, 3.8) is 0 Å². The van der Waals surface area contributed by atoms with Crippen molar-refractivity contribution < 1.29 is 19.1 Å². The number of ether oxygens (including phenoxy) is 1. The monoisotopic (exact) mass is 376 g/mol. The summed E-state index contributed by atoms with van der Waals surface area (Å²) in [5, 5.41) is 3.51. The molecule has 2 fully saturated rings. The first-order valence-electron chi connectivity index (χ1n) is 9.41. The minimum Gasteiger partial charge on any atom is -0.465 e. The van der Waals surface area contributed by atoms with E-state index in [0.717, 1.165) is 55.4 Å². The number of anilines is 1. The molecule has 0 spiro atoms. The van der Waals surface area contributed by atoms with Crippen molar-refractivity contribution >= 4 is 34.1 Å². The third kappa shape index (κ3) is 3.02. The van der Waals surface area contributed by atoms with Crippen molar-refractivity contribution in [3.05, 3.63) is 16.0 Å². The van der Waals surface area contributed by atoms with Gasteiger partial charge in [0.2, 0.25) is 11.8 Å². The lowest BCUT2D eigenvalue weighted by Crippen LogP contribution is -2.35. The Morgan fingerprint density at radius 3 is 2.69 bits per heavy atom. The summed E-state index contributed by atoms with van der Waals surface area (Å²) in [6, 6.07) is 0.302. The molecule has 3 aliphatic rings. The molecule has 6 nitrogen and oxygen atoms in total. The number of rotatable bonds is 4. The number of hydrogen-bond donors (Lipinski definition) is 1. The van der Waals surface area contributed by atoms with Gasteiger partial charge in [0.05, 0.1) is 18.6 Å². The lowest BCUT2D eigenvalue weighted by atomic mass is 10.1. The molecule has 0 unspecified atom stereocenters. The molecule has 1 atom stereocenters. The number of hydrogen-bond acceptors (Lipinski definition) is 5. The second-order valence-corrected chi connectivity index (χ2v) is 8.53. The molecule has 1 saturated carbocycles. The molecule has 2 heterocycles. The van der Waals surface area contributed by atoms with E-state index >= 15 is 0 Å². The molecule has 1 aromatic rings. The first-order valence-corrected chi connectivity index (χ1v) is 10.2. The molecule has 1 N–H and O–H groups in total. The Bertz CT molecular complexity index is 751. The lowest BCUT2D eigenvalue weighted by Gasteiger charge is -2.23. The molecule has 2 aliphatic carbocycles. The highest BCUT2D eigenvalue weighted by molar-refractivity contribution is 7.17. The van der Waals surface area contributed by atoms with Gasteiger partial charge in [-0.25, -0.2) is 4.79 Å². The van der Waals surface area contributed by atoms with Gasteiger partial charge in [0, 0.05) is 23.9 Å². The maximum Gasteiger partial charge on any atom is 0.341 e. The summed E-state index contributed by atoms with van der Waals surface area (Å²) < 4.78 is 4.92. The molecular formula is C19H24N2O4S. The van der Waals surface area contributed by atoms with Crippen molar-refractivity contribution in [2.75, 3.05) is 19.0 Å². The summed E-state index contributed by atoms with van der Waals surface area (Å²) in [7, 11) is 1.36. The minimum atomic E-state index is -0.394. The number of nitrogens with one attached hydrogen (secondary N) is 1. The van der Waals surface area contributed by atoms with Crippen molar-refractivity contribution in [1.82, 2.24) is 4.90 Å². The first kappa shape index (κ1) is 17.5. The Hall–Kier alpha value is -1.89. The molecule has 7 heteroatoms. The van der Waals surface area contributed by atoms with Crippen LogP contribution in [-0.4, -0.2) is 42.4 Å². The van der Waals surface area contributed by atoms with Crippen LogP contribution in [0.3, 0.4) is 0 Å². The smallest absolute Gasteiger partial charge is 0.341 e. The highest BCUT2D eigenvalue weighted by Gasteiger charge is 2.39. The third-order valence-electron chi connectivity index (χ3n) is 5.84. The van der Waals surface area contributed by atoms with Crippen LogP contribution in [0, 0.1) is 5.92 Å². The maximum absolute atomic E-state index is 12.8. The van der Waals surface area contributed by atoms with E-state index in [4.69, 9.17) is 4.74 Å². The van der Waals surface area contributed by atoms with Gasteiger partial charge >= 0.3 is 5.97 Å². The molecule has 26 heavy (non-hydrogen) atoms. The molecule has 0 bridgehead atoms. The van der Waals surface area contributed by atoms with Crippen molar-refractivity contribution in [2.24, 2.45) is 5.92 Å². The van der Waals surface area contributed by atoms with Crippen molar-refractivity contribution in [1.29, 1.82) is 0 Å². The number of amides is 2. The van der Waals surface area contributed by atoms with E-state index in [1.165, 1.54) is 18.4 Å². The fourth-order valence-electron chi connectivity index (χ4n) is 4.50. The Labute approximate surface area is 156 Å². The van der Waals surface area contributed by atoms with E-state index in [1.807, 2.05) is 4.90 Å². The van der Waals surface area contributed by atoms with Gasteiger partial charge in [-0.05, 0) is 37.7 Å². The van der Waals surface area contributed by atoms with E-state index in [1.54, 1.807) is 0 Å². The number of methoxy groups -OCH3 is 1. The second-order valence-electron chi connectivity index (χ2n) is 7.43. The van der Waals surface area contributed by atoms with Crippen LogP contribution in [0.25, 0.3) is 0 Å². The molecule has 1 saturated heterocycles. The van der Waals surface area contributed by atoms with Gasteiger partial charge in [0.15, 0.2) is 0 Å². The molecule has 2 amide bonds. The van der Waals surface area contributed by atoms with E-state index in [2.05, 4.69) is 5.32 Å². The zero-order chi connectivity index (χ0) is 18.3. The second kappa shape index (κ2) is 7.02. The van der Waals surface area contributed by atoms with Crippen LogP contribution in [0.1, 0.15) is 59.3 Å². The molecule has 140 valence electrons. The quantitative estimate of drug-likeness (QED) is 0.820. The zero-order valence-corrected chi connectivity index (χ0v) is 15.8. The van der Waals surface area contributed by atoms with Gasteiger partial charge in [-0.3, -0.25) is 9.59 Å². The van der Waals surface area contributed by atoms with Crippen LogP contribution in [-0.2, 0) is 27.2 Å². The van der Waals surface area contributed by atoms with E-state index in [-0.39, 0.29) is 24.2 Å². The van der Waals surface area contributed by atoms with Crippen LogP contribution < -0.4 is 5.32 Å². The topological polar surface area (TPSA) is 75.7 Å². The summed E-state index contributed by atoms with van der Waals surface area (Å²) in [6.07, 6.45) is 7.51. The van der Waals surface area contributed by atoms with E-state index in [0.29, 0.717) is 23.2 Å². The Morgan fingerprint density at radius 1 is 1.19 bits per heavy atom. The molecule has 1 aromatic heterocycles. The summed E-state index contributed by atoms with van der Waals surface area (Å²) in [6.45, 7) is 0.494.